The normalized spacial score (nSPS) is 10.2. The summed E-state index contributed by atoms with van der Waals surface area (Å²) in [4.78, 5) is 35.1. The van der Waals surface area contributed by atoms with Gasteiger partial charge in [0.2, 0.25) is 11.8 Å². The Hall–Kier alpha value is -3.56. The Balaban J connectivity index is 1.83. The van der Waals surface area contributed by atoms with Crippen LogP contribution in [0.2, 0.25) is 0 Å². The number of hydrogen-bond acceptors (Lipinski definition) is 5. The van der Waals surface area contributed by atoms with E-state index in [-0.39, 0.29) is 6.54 Å². The van der Waals surface area contributed by atoms with E-state index in [9.17, 15) is 27.6 Å². The monoisotopic (exact) mass is 409 g/mol. The largest absolute Gasteiger partial charge is 0.465 e. The van der Waals surface area contributed by atoms with Gasteiger partial charge >= 0.3 is 5.97 Å². The van der Waals surface area contributed by atoms with Gasteiger partial charge in [-0.3, -0.25) is 9.59 Å². The lowest BCUT2D eigenvalue weighted by atomic mass is 10.1. The molecule has 0 atom stereocenters. The first-order chi connectivity index (χ1) is 13.7. The van der Waals surface area contributed by atoms with E-state index in [2.05, 4.69) is 15.4 Å². The number of rotatable bonds is 7. The summed E-state index contributed by atoms with van der Waals surface area (Å²) in [5.41, 5.74) is 1.12. The van der Waals surface area contributed by atoms with Crippen molar-refractivity contribution < 1.29 is 32.3 Å². The van der Waals surface area contributed by atoms with Crippen LogP contribution in [0.4, 0.5) is 24.5 Å². The molecule has 2 rings (SSSR count). The van der Waals surface area contributed by atoms with Gasteiger partial charge in [0.1, 0.15) is 0 Å². The molecule has 0 radical (unpaired) electrons. The van der Waals surface area contributed by atoms with Crippen molar-refractivity contribution in [3.63, 3.8) is 0 Å². The fourth-order valence-corrected chi connectivity index (χ4v) is 2.34. The lowest BCUT2D eigenvalue weighted by molar-refractivity contribution is -0.122. The maximum atomic E-state index is 13.5. The summed E-state index contributed by atoms with van der Waals surface area (Å²) in [6.45, 7) is 1.06. The summed E-state index contributed by atoms with van der Waals surface area (Å²) < 4.78 is 44.1. The highest BCUT2D eigenvalue weighted by molar-refractivity contribution is 5.95. The van der Waals surface area contributed by atoms with Gasteiger partial charge in [0.05, 0.1) is 31.5 Å². The van der Waals surface area contributed by atoms with Gasteiger partial charge in [0, 0.05) is 5.69 Å². The molecule has 0 spiro atoms. The lowest BCUT2D eigenvalue weighted by Crippen LogP contribution is -2.36. The van der Waals surface area contributed by atoms with Crippen molar-refractivity contribution in [2.24, 2.45) is 0 Å². The number of anilines is 2. The van der Waals surface area contributed by atoms with Crippen LogP contribution in [0.1, 0.15) is 15.9 Å². The minimum atomic E-state index is -1.70. The number of carbonyl (C=O) groups is 3. The van der Waals surface area contributed by atoms with E-state index in [4.69, 9.17) is 0 Å². The first-order valence-electron chi connectivity index (χ1n) is 8.35. The van der Waals surface area contributed by atoms with Crippen molar-refractivity contribution in [1.29, 1.82) is 0 Å². The Morgan fingerprint density at radius 2 is 1.62 bits per heavy atom. The van der Waals surface area contributed by atoms with Gasteiger partial charge in [-0.05, 0) is 42.8 Å². The SMILES string of the molecule is COC(=O)c1ccc(NCC(=O)NCC(=O)Nc2ccc(F)c(F)c2F)c(C)c1. The lowest BCUT2D eigenvalue weighted by Gasteiger charge is -2.11. The topological polar surface area (TPSA) is 96.5 Å². The number of benzene rings is 2. The van der Waals surface area contributed by atoms with Crippen LogP contribution in [-0.4, -0.2) is 38.0 Å². The molecule has 0 aliphatic rings. The van der Waals surface area contributed by atoms with Gasteiger partial charge in [0.25, 0.3) is 0 Å². The molecule has 29 heavy (non-hydrogen) atoms. The van der Waals surface area contributed by atoms with Crippen molar-refractivity contribution >= 4 is 29.2 Å². The number of ether oxygens (including phenoxy) is 1. The number of nitrogens with one attached hydrogen (secondary N) is 3. The van der Waals surface area contributed by atoms with E-state index in [0.717, 1.165) is 6.07 Å². The molecule has 7 nitrogen and oxygen atoms in total. The van der Waals surface area contributed by atoms with Gasteiger partial charge in [-0.2, -0.15) is 0 Å². The zero-order valence-electron chi connectivity index (χ0n) is 15.6. The molecular weight excluding hydrogens is 391 g/mol. The number of carbonyl (C=O) groups excluding carboxylic acids is 3. The van der Waals surface area contributed by atoms with Gasteiger partial charge in [-0.15, -0.1) is 0 Å². The fraction of sp³-hybridized carbons (Fsp3) is 0.211. The average molecular weight is 409 g/mol. The number of hydrogen-bond donors (Lipinski definition) is 3. The smallest absolute Gasteiger partial charge is 0.337 e. The molecule has 10 heteroatoms. The molecule has 0 bridgehead atoms. The molecule has 0 fully saturated rings. The molecule has 0 aromatic heterocycles. The molecule has 0 heterocycles. The molecular formula is C19H18F3N3O4. The van der Waals surface area contributed by atoms with Crippen LogP contribution in [0.15, 0.2) is 30.3 Å². The van der Waals surface area contributed by atoms with E-state index in [1.54, 1.807) is 19.1 Å². The highest BCUT2D eigenvalue weighted by atomic mass is 19.2. The van der Waals surface area contributed by atoms with Crippen LogP contribution < -0.4 is 16.0 Å². The quantitative estimate of drug-likeness (QED) is 0.482. The van der Waals surface area contributed by atoms with E-state index in [1.165, 1.54) is 13.2 Å². The Kier molecular flexibility index (Phi) is 7.18. The molecule has 0 unspecified atom stereocenters. The second kappa shape index (κ2) is 9.58. The van der Waals surface area contributed by atoms with Crippen molar-refractivity contribution in [1.82, 2.24) is 5.32 Å². The number of aryl methyl sites for hydroxylation is 1. The third-order valence-electron chi connectivity index (χ3n) is 3.84. The number of methoxy groups -OCH3 is 1. The predicted molar refractivity (Wildman–Crippen MR) is 99.0 cm³/mol. The fourth-order valence-electron chi connectivity index (χ4n) is 2.34. The van der Waals surface area contributed by atoms with Crippen molar-refractivity contribution in [2.45, 2.75) is 6.92 Å². The molecule has 2 aromatic carbocycles. The average Bonchev–Trinajstić information content (AvgIpc) is 2.71. The Morgan fingerprint density at radius 1 is 0.931 bits per heavy atom. The molecule has 0 aliphatic carbocycles. The highest BCUT2D eigenvalue weighted by Crippen LogP contribution is 2.19. The Bertz CT molecular complexity index is 951. The second-order valence-electron chi connectivity index (χ2n) is 5.92. The number of esters is 1. The Labute approximate surface area is 164 Å². The van der Waals surface area contributed by atoms with Crippen LogP contribution in [0.3, 0.4) is 0 Å². The molecule has 0 saturated carbocycles. The van der Waals surface area contributed by atoms with E-state index in [0.29, 0.717) is 22.9 Å². The maximum absolute atomic E-state index is 13.5. The summed E-state index contributed by atoms with van der Waals surface area (Å²) in [5.74, 6) is -6.46. The third kappa shape index (κ3) is 5.71. The van der Waals surface area contributed by atoms with E-state index in [1.807, 2.05) is 5.32 Å². The molecule has 0 aliphatic heterocycles. The van der Waals surface area contributed by atoms with Crippen LogP contribution in [0.5, 0.6) is 0 Å². The van der Waals surface area contributed by atoms with Gasteiger partial charge in [0.15, 0.2) is 17.5 Å². The van der Waals surface area contributed by atoms with Crippen LogP contribution in [0, 0.1) is 24.4 Å². The molecule has 2 amide bonds. The van der Waals surface area contributed by atoms with Crippen molar-refractivity contribution in [3.05, 3.63) is 58.9 Å². The minimum absolute atomic E-state index is 0.175. The van der Waals surface area contributed by atoms with Crippen LogP contribution in [0.25, 0.3) is 0 Å². The second-order valence-corrected chi connectivity index (χ2v) is 5.92. The summed E-state index contributed by atoms with van der Waals surface area (Å²) in [5, 5.41) is 7.18. The summed E-state index contributed by atoms with van der Waals surface area (Å²) in [6.07, 6.45) is 0. The zero-order valence-corrected chi connectivity index (χ0v) is 15.6. The summed E-state index contributed by atoms with van der Waals surface area (Å²) in [7, 11) is 1.27. The first-order valence-corrected chi connectivity index (χ1v) is 8.35. The standard InChI is InChI=1S/C19H18F3N3O4/c1-10-7-11(19(28)29-2)3-5-13(10)23-8-15(26)24-9-16(27)25-14-6-4-12(20)17(21)18(14)22/h3-7,23H,8-9H2,1-2H3,(H,24,26)(H,25,27). The van der Waals surface area contributed by atoms with Gasteiger partial charge in [-0.25, -0.2) is 18.0 Å². The van der Waals surface area contributed by atoms with Gasteiger partial charge < -0.3 is 20.7 Å². The van der Waals surface area contributed by atoms with Crippen LogP contribution >= 0.6 is 0 Å². The van der Waals surface area contributed by atoms with Crippen LogP contribution in [-0.2, 0) is 14.3 Å². The van der Waals surface area contributed by atoms with Gasteiger partial charge in [-0.1, -0.05) is 0 Å². The highest BCUT2D eigenvalue weighted by Gasteiger charge is 2.15. The first kappa shape index (κ1) is 21.7. The third-order valence-corrected chi connectivity index (χ3v) is 3.84. The number of halogens is 3. The van der Waals surface area contributed by atoms with E-state index >= 15 is 0 Å². The summed E-state index contributed by atoms with van der Waals surface area (Å²) in [6, 6.07) is 6.27. The predicted octanol–water partition coefficient (Wildman–Crippen LogP) is 2.37. The minimum Gasteiger partial charge on any atom is -0.465 e. The molecule has 2 aromatic rings. The molecule has 3 N–H and O–H groups in total. The van der Waals surface area contributed by atoms with E-state index < -0.39 is 47.5 Å². The summed E-state index contributed by atoms with van der Waals surface area (Å²) >= 11 is 0. The molecule has 0 saturated heterocycles. The molecule has 154 valence electrons. The van der Waals surface area contributed by atoms with Crippen molar-refractivity contribution in [3.8, 4) is 0 Å². The maximum Gasteiger partial charge on any atom is 0.337 e. The Morgan fingerprint density at radius 3 is 2.28 bits per heavy atom. The zero-order chi connectivity index (χ0) is 21.6. The number of amides is 2. The van der Waals surface area contributed by atoms with Crippen molar-refractivity contribution in [2.75, 3.05) is 30.8 Å².